The molecule has 0 spiro atoms. The Bertz CT molecular complexity index is 1170. The lowest BCUT2D eigenvalue weighted by Gasteiger charge is -2.33. The fourth-order valence-electron chi connectivity index (χ4n) is 5.10. The minimum absolute atomic E-state index is 0.0908. The standard InChI is InChI=1S/C25H32N6O2S/c1-17-7-3-5-13-29(17)22(32)15-19-9-11-20(12-10-19)24-28-31-21(26-27-25(31)34-24)16-23(33)30-14-6-4-8-18(30)2/h9-12,17-18H,3-8,13-16H2,1-2H3/t17-,18+/m1/s1. The molecule has 34 heavy (non-hydrogen) atoms. The fourth-order valence-corrected chi connectivity index (χ4v) is 5.96. The fraction of sp³-hybridized carbons (Fsp3) is 0.560. The van der Waals surface area contributed by atoms with Gasteiger partial charge in [0.15, 0.2) is 5.82 Å². The molecule has 0 radical (unpaired) electrons. The van der Waals surface area contributed by atoms with Crippen molar-refractivity contribution in [2.75, 3.05) is 13.1 Å². The largest absolute Gasteiger partial charge is 0.340 e. The van der Waals surface area contributed by atoms with Gasteiger partial charge in [-0.05, 0) is 57.9 Å². The van der Waals surface area contributed by atoms with Gasteiger partial charge in [0.1, 0.15) is 5.01 Å². The van der Waals surface area contributed by atoms with Crippen molar-refractivity contribution in [3.63, 3.8) is 0 Å². The van der Waals surface area contributed by atoms with Gasteiger partial charge in [0, 0.05) is 30.7 Å². The van der Waals surface area contributed by atoms with Gasteiger partial charge in [-0.25, -0.2) is 0 Å². The lowest BCUT2D eigenvalue weighted by Crippen LogP contribution is -2.43. The van der Waals surface area contributed by atoms with E-state index in [4.69, 9.17) is 5.10 Å². The van der Waals surface area contributed by atoms with Crippen LogP contribution in [0.25, 0.3) is 15.5 Å². The molecule has 3 aromatic rings. The zero-order valence-corrected chi connectivity index (χ0v) is 20.8. The van der Waals surface area contributed by atoms with Crippen LogP contribution in [0.4, 0.5) is 0 Å². The van der Waals surface area contributed by atoms with Crippen molar-refractivity contribution < 1.29 is 9.59 Å². The van der Waals surface area contributed by atoms with E-state index in [1.165, 1.54) is 24.2 Å². The molecular weight excluding hydrogens is 448 g/mol. The Balaban J connectivity index is 1.27. The van der Waals surface area contributed by atoms with Gasteiger partial charge in [-0.1, -0.05) is 35.6 Å². The van der Waals surface area contributed by atoms with E-state index in [2.05, 4.69) is 24.0 Å². The SMILES string of the molecule is C[C@@H]1CCCCN1C(=O)Cc1ccc(-c2nn3c(CC(=O)N4CCCC[C@@H]4C)nnc3s2)cc1. The predicted octanol–water partition coefficient (Wildman–Crippen LogP) is 3.74. The average Bonchev–Trinajstić information content (AvgIpc) is 3.42. The summed E-state index contributed by atoms with van der Waals surface area (Å²) in [5, 5.41) is 14.0. The Kier molecular flexibility index (Phi) is 6.63. The third-order valence-corrected chi connectivity index (χ3v) is 8.12. The molecule has 2 fully saturated rings. The van der Waals surface area contributed by atoms with Gasteiger partial charge < -0.3 is 9.80 Å². The van der Waals surface area contributed by atoms with E-state index in [0.29, 0.717) is 23.2 Å². The third-order valence-electron chi connectivity index (χ3n) is 7.17. The molecule has 0 aliphatic carbocycles. The first-order chi connectivity index (χ1) is 16.5. The molecule has 8 nitrogen and oxygen atoms in total. The first-order valence-electron chi connectivity index (χ1n) is 12.4. The molecule has 0 saturated carbocycles. The highest BCUT2D eigenvalue weighted by Gasteiger charge is 2.26. The highest BCUT2D eigenvalue weighted by Crippen LogP contribution is 2.27. The lowest BCUT2D eigenvalue weighted by atomic mass is 10.0. The first kappa shape index (κ1) is 23.0. The molecule has 1 aromatic carbocycles. The van der Waals surface area contributed by atoms with Crippen molar-refractivity contribution in [1.82, 2.24) is 29.6 Å². The molecule has 5 rings (SSSR count). The van der Waals surface area contributed by atoms with Crippen molar-refractivity contribution in [3.8, 4) is 10.6 Å². The van der Waals surface area contributed by atoms with Crippen LogP contribution in [0.1, 0.15) is 63.8 Å². The topological polar surface area (TPSA) is 83.7 Å². The second-order valence-electron chi connectivity index (χ2n) is 9.63. The summed E-state index contributed by atoms with van der Waals surface area (Å²) in [7, 11) is 0. The van der Waals surface area contributed by atoms with Crippen molar-refractivity contribution in [2.24, 2.45) is 0 Å². The minimum atomic E-state index is 0.0908. The summed E-state index contributed by atoms with van der Waals surface area (Å²) in [6.07, 6.45) is 7.34. The second kappa shape index (κ2) is 9.82. The second-order valence-corrected chi connectivity index (χ2v) is 10.6. The van der Waals surface area contributed by atoms with Crippen molar-refractivity contribution in [2.45, 2.75) is 77.3 Å². The van der Waals surface area contributed by atoms with E-state index in [-0.39, 0.29) is 24.3 Å². The van der Waals surface area contributed by atoms with Crippen LogP contribution in [0.2, 0.25) is 0 Å². The molecule has 2 aromatic heterocycles. The van der Waals surface area contributed by atoms with E-state index < -0.39 is 0 Å². The quantitative estimate of drug-likeness (QED) is 0.556. The number of hydrogen-bond acceptors (Lipinski definition) is 6. The number of likely N-dealkylation sites (tertiary alicyclic amines) is 2. The summed E-state index contributed by atoms with van der Waals surface area (Å²) in [6.45, 7) is 5.94. The molecule has 180 valence electrons. The third kappa shape index (κ3) is 4.71. The molecule has 0 N–H and O–H groups in total. The van der Waals surface area contributed by atoms with Gasteiger partial charge in [0.2, 0.25) is 16.8 Å². The number of hydrogen-bond donors (Lipinski definition) is 0. The molecule has 2 saturated heterocycles. The molecule has 9 heteroatoms. The van der Waals surface area contributed by atoms with Gasteiger partial charge >= 0.3 is 0 Å². The maximum Gasteiger partial charge on any atom is 0.234 e. The van der Waals surface area contributed by atoms with E-state index in [0.717, 1.165) is 54.9 Å². The van der Waals surface area contributed by atoms with Crippen molar-refractivity contribution in [3.05, 3.63) is 35.7 Å². The van der Waals surface area contributed by atoms with Crippen molar-refractivity contribution in [1.29, 1.82) is 0 Å². The number of amides is 2. The maximum atomic E-state index is 12.8. The van der Waals surface area contributed by atoms with Gasteiger partial charge in [-0.15, -0.1) is 10.2 Å². The number of nitrogens with zero attached hydrogens (tertiary/aromatic N) is 6. The molecule has 2 atom stereocenters. The number of benzene rings is 1. The van der Waals surface area contributed by atoms with Crippen LogP contribution in [0.3, 0.4) is 0 Å². The average molecular weight is 481 g/mol. The summed E-state index contributed by atoms with van der Waals surface area (Å²) >= 11 is 1.46. The monoisotopic (exact) mass is 480 g/mol. The van der Waals surface area contributed by atoms with Gasteiger partial charge in [0.05, 0.1) is 12.8 Å². The molecule has 2 aliphatic rings. The van der Waals surface area contributed by atoms with Gasteiger partial charge in [0.25, 0.3) is 0 Å². The normalized spacial score (nSPS) is 21.2. The number of piperidine rings is 2. The lowest BCUT2D eigenvalue weighted by molar-refractivity contribution is -0.134. The smallest absolute Gasteiger partial charge is 0.234 e. The van der Waals surface area contributed by atoms with Crippen LogP contribution in [0, 0.1) is 0 Å². The number of fused-ring (bicyclic) bond motifs is 1. The maximum absolute atomic E-state index is 12.8. The van der Waals surface area contributed by atoms with Crippen LogP contribution in [-0.4, -0.2) is 66.6 Å². The summed E-state index contributed by atoms with van der Waals surface area (Å²) in [4.78, 5) is 30.3. The Labute approximate surface area is 204 Å². The summed E-state index contributed by atoms with van der Waals surface area (Å²) in [5.74, 6) is 0.877. The molecule has 2 aliphatic heterocycles. The number of aromatic nitrogens is 4. The Morgan fingerprint density at radius 2 is 1.50 bits per heavy atom. The van der Waals surface area contributed by atoms with Gasteiger partial charge in [-0.3, -0.25) is 9.59 Å². The molecule has 2 amide bonds. The zero-order chi connectivity index (χ0) is 23.7. The highest BCUT2D eigenvalue weighted by atomic mass is 32.1. The number of rotatable bonds is 5. The van der Waals surface area contributed by atoms with Gasteiger partial charge in [-0.2, -0.15) is 9.61 Å². The summed E-state index contributed by atoms with van der Waals surface area (Å²) in [5.41, 5.74) is 1.98. The van der Waals surface area contributed by atoms with Crippen LogP contribution in [-0.2, 0) is 22.4 Å². The zero-order valence-electron chi connectivity index (χ0n) is 19.9. The number of carbonyl (C=O) groups is 2. The number of carbonyl (C=O) groups excluding carboxylic acids is 2. The minimum Gasteiger partial charge on any atom is -0.340 e. The van der Waals surface area contributed by atoms with E-state index in [9.17, 15) is 9.59 Å². The Hall–Kier alpha value is -2.81. The van der Waals surface area contributed by atoms with E-state index in [1.807, 2.05) is 34.1 Å². The molecular formula is C25H32N6O2S. The predicted molar refractivity (Wildman–Crippen MR) is 132 cm³/mol. The molecule has 0 unspecified atom stereocenters. The van der Waals surface area contributed by atoms with E-state index in [1.54, 1.807) is 4.52 Å². The summed E-state index contributed by atoms with van der Waals surface area (Å²) < 4.78 is 1.70. The van der Waals surface area contributed by atoms with Crippen molar-refractivity contribution >= 4 is 28.1 Å². The Morgan fingerprint density at radius 3 is 2.12 bits per heavy atom. The molecule has 0 bridgehead atoms. The van der Waals surface area contributed by atoms with E-state index >= 15 is 0 Å². The summed E-state index contributed by atoms with van der Waals surface area (Å²) in [6, 6.07) is 8.64. The highest BCUT2D eigenvalue weighted by molar-refractivity contribution is 7.19. The van der Waals surface area contributed by atoms with Crippen LogP contribution in [0.5, 0.6) is 0 Å². The molecule has 4 heterocycles. The first-order valence-corrected chi connectivity index (χ1v) is 13.2. The van der Waals surface area contributed by atoms with Crippen LogP contribution in [0.15, 0.2) is 24.3 Å². The van der Waals surface area contributed by atoms with Crippen LogP contribution >= 0.6 is 11.3 Å². The Morgan fingerprint density at radius 1 is 0.882 bits per heavy atom. The van der Waals surface area contributed by atoms with Crippen LogP contribution < -0.4 is 0 Å².